The summed E-state index contributed by atoms with van der Waals surface area (Å²) in [6.45, 7) is 0. The number of nitrogens with one attached hydrogen (secondary N) is 2. The molecule has 0 radical (unpaired) electrons. The zero-order valence-corrected chi connectivity index (χ0v) is 13.5. The maximum Gasteiger partial charge on any atom is 0.411 e. The smallest absolute Gasteiger partial charge is 0.411 e. The fraction of sp³-hybridized carbons (Fsp3) is 0.200. The summed E-state index contributed by atoms with van der Waals surface area (Å²) in [6.07, 6.45) is 0. The van der Waals surface area contributed by atoms with Gasteiger partial charge in [-0.1, -0.05) is 0 Å². The Labute approximate surface area is 146 Å². The van der Waals surface area contributed by atoms with Crippen LogP contribution in [-0.2, 0) is 29.1 Å². The van der Waals surface area contributed by atoms with Crippen molar-refractivity contribution in [2.24, 2.45) is 0 Å². The van der Waals surface area contributed by atoms with Crippen LogP contribution < -0.4 is 15.9 Å². The van der Waals surface area contributed by atoms with E-state index in [4.69, 9.17) is 0 Å². The van der Waals surface area contributed by atoms with E-state index in [0.29, 0.717) is 0 Å². The van der Waals surface area contributed by atoms with Gasteiger partial charge >= 0.3 is 22.3 Å². The summed E-state index contributed by atoms with van der Waals surface area (Å²) < 4.78 is 86.6. The van der Waals surface area contributed by atoms with Crippen LogP contribution in [-0.4, -0.2) is 35.3 Å². The molecule has 26 heavy (non-hydrogen) atoms. The molecule has 1 aromatic carbocycles. The minimum atomic E-state index is -6.25. The van der Waals surface area contributed by atoms with Gasteiger partial charge in [-0.2, -0.15) is 21.9 Å². The van der Waals surface area contributed by atoms with E-state index in [2.05, 4.69) is 9.37 Å². The number of carbonyl (C=O) groups is 2. The molecule has 146 valence electrons. The highest BCUT2D eigenvalue weighted by Gasteiger charge is 2.46. The van der Waals surface area contributed by atoms with Crippen LogP contribution in [0, 0.1) is 0 Å². The Kier molecular flexibility index (Phi) is 6.91. The molecule has 0 saturated carbocycles. The summed E-state index contributed by atoms with van der Waals surface area (Å²) in [5.41, 5.74) is -0.722. The Balaban J connectivity index is 2.78. The summed E-state index contributed by atoms with van der Waals surface area (Å²) in [6, 6.07) is 3.43. The summed E-state index contributed by atoms with van der Waals surface area (Å²) in [5.74, 6) is -4.36. The van der Waals surface area contributed by atoms with Gasteiger partial charge in [0, 0.05) is 11.4 Å². The van der Waals surface area contributed by atoms with Crippen molar-refractivity contribution in [3.05, 3.63) is 24.3 Å². The topological polar surface area (TPSA) is 157 Å². The normalized spacial score (nSPS) is 12.5. The van der Waals surface area contributed by atoms with Gasteiger partial charge in [-0.15, -0.1) is 0 Å². The third-order valence-electron chi connectivity index (χ3n) is 2.41. The third-order valence-corrected chi connectivity index (χ3v) is 3.74. The van der Waals surface area contributed by atoms with Crippen LogP contribution in [0.3, 0.4) is 0 Å². The minimum Gasteiger partial charge on any atom is -0.743 e. The van der Waals surface area contributed by atoms with Crippen molar-refractivity contribution in [3.8, 4) is 0 Å². The number of benzene rings is 1. The highest BCUT2D eigenvalue weighted by Crippen LogP contribution is 2.31. The molecule has 0 aliphatic rings. The summed E-state index contributed by atoms with van der Waals surface area (Å²) >= 11 is -0.884. The average molecular weight is 422 g/mol. The van der Waals surface area contributed by atoms with Gasteiger partial charge in [0.2, 0.25) is 0 Å². The van der Waals surface area contributed by atoms with E-state index in [1.54, 1.807) is 5.32 Å². The first-order valence-electron chi connectivity index (χ1n) is 5.89. The van der Waals surface area contributed by atoms with E-state index >= 15 is 0 Å². The number of hydrogen-bond acceptors (Lipinski definition) is 9. The van der Waals surface area contributed by atoms with Gasteiger partial charge in [-0.25, -0.2) is 8.42 Å². The Hall–Kier alpha value is -1.98. The fourth-order valence-corrected chi connectivity index (χ4v) is 1.77. The standard InChI is InChI=1S/C10H8F4N2O8S2/c11-9(12,25-24-23-19)7(17)15-5-1-3-6(4-2-5)16-8(18)10(13,14)26(20,21)22/h1-4,19H,(H,15,17)(H,16,18)(H,20,21,22)/p-2. The molecule has 0 aliphatic carbocycles. The van der Waals surface area contributed by atoms with Crippen LogP contribution in [0.4, 0.5) is 28.9 Å². The molecule has 0 bridgehead atoms. The first kappa shape index (κ1) is 22.1. The lowest BCUT2D eigenvalue weighted by atomic mass is 10.2. The van der Waals surface area contributed by atoms with Gasteiger partial charge < -0.3 is 20.4 Å². The molecule has 0 spiro atoms. The second-order valence-electron chi connectivity index (χ2n) is 4.19. The Morgan fingerprint density at radius 2 is 1.42 bits per heavy atom. The highest BCUT2D eigenvalue weighted by atomic mass is 32.2. The minimum absolute atomic E-state index is 0.292. The van der Waals surface area contributed by atoms with E-state index in [1.165, 1.54) is 5.32 Å². The summed E-state index contributed by atoms with van der Waals surface area (Å²) in [4.78, 5) is 22.4. The van der Waals surface area contributed by atoms with Gasteiger partial charge in [0.25, 0.3) is 0 Å². The van der Waals surface area contributed by atoms with Crippen LogP contribution in [0.15, 0.2) is 24.3 Å². The zero-order chi connectivity index (χ0) is 20.2. The van der Waals surface area contributed by atoms with E-state index in [-0.39, 0.29) is 5.69 Å². The van der Waals surface area contributed by atoms with E-state index in [9.17, 15) is 45.4 Å². The van der Waals surface area contributed by atoms with Gasteiger partial charge in [0.05, 0.1) is 0 Å². The molecule has 0 aromatic heterocycles. The van der Waals surface area contributed by atoms with Crippen molar-refractivity contribution in [1.29, 1.82) is 0 Å². The molecule has 2 amide bonds. The lowest BCUT2D eigenvalue weighted by Gasteiger charge is -2.19. The van der Waals surface area contributed by atoms with Crippen LogP contribution in [0.25, 0.3) is 0 Å². The molecule has 1 rings (SSSR count). The largest absolute Gasteiger partial charge is 0.743 e. The van der Waals surface area contributed by atoms with Crippen molar-refractivity contribution in [2.75, 3.05) is 10.6 Å². The number of hydrogen-bond donors (Lipinski definition) is 2. The molecular weight excluding hydrogens is 416 g/mol. The number of halogens is 4. The predicted molar refractivity (Wildman–Crippen MR) is 73.1 cm³/mol. The van der Waals surface area contributed by atoms with E-state index in [0.717, 1.165) is 24.3 Å². The molecule has 0 atom stereocenters. The van der Waals surface area contributed by atoms with Crippen LogP contribution >= 0.6 is 12.0 Å². The highest BCUT2D eigenvalue weighted by molar-refractivity contribution is 7.96. The molecule has 0 heterocycles. The van der Waals surface area contributed by atoms with Crippen molar-refractivity contribution >= 4 is 45.4 Å². The van der Waals surface area contributed by atoms with Crippen LogP contribution in [0.1, 0.15) is 0 Å². The first-order chi connectivity index (χ1) is 11.8. The Morgan fingerprint density at radius 3 is 1.81 bits per heavy atom. The predicted octanol–water partition coefficient (Wildman–Crippen LogP) is 0.166. The van der Waals surface area contributed by atoms with E-state index < -0.39 is 50.2 Å². The molecule has 1 aromatic rings. The molecule has 0 unspecified atom stereocenters. The fourth-order valence-electron chi connectivity index (χ4n) is 1.25. The molecule has 16 heteroatoms. The molecule has 10 nitrogen and oxygen atoms in total. The molecule has 0 fully saturated rings. The Bertz CT molecular complexity index is 772. The quantitative estimate of drug-likeness (QED) is 0.196. The van der Waals surface area contributed by atoms with Crippen LogP contribution in [0.2, 0.25) is 0 Å². The zero-order valence-electron chi connectivity index (χ0n) is 11.9. The second kappa shape index (κ2) is 8.14. The molecule has 2 N–H and O–H groups in total. The summed E-state index contributed by atoms with van der Waals surface area (Å²) in [7, 11) is -6.25. The summed E-state index contributed by atoms with van der Waals surface area (Å²) in [5, 5.41) is 5.77. The number of carbonyl (C=O) groups excluding carboxylic acids is 2. The molecule has 0 aliphatic heterocycles. The van der Waals surface area contributed by atoms with Gasteiger partial charge in [0.1, 0.15) is 12.0 Å². The maximum absolute atomic E-state index is 13.2. The first-order valence-corrected chi connectivity index (χ1v) is 8.04. The lowest BCUT2D eigenvalue weighted by Crippen LogP contribution is -2.41. The lowest BCUT2D eigenvalue weighted by molar-refractivity contribution is -0.777. The van der Waals surface area contributed by atoms with Crippen molar-refractivity contribution in [1.82, 2.24) is 0 Å². The Morgan fingerprint density at radius 1 is 1.00 bits per heavy atom. The average Bonchev–Trinajstić information content (AvgIpc) is 2.53. The monoisotopic (exact) mass is 422 g/mol. The number of alkyl halides is 4. The van der Waals surface area contributed by atoms with Crippen LogP contribution in [0.5, 0.6) is 0 Å². The maximum atomic E-state index is 13.2. The van der Waals surface area contributed by atoms with Gasteiger partial charge in [-0.05, 0) is 24.3 Å². The van der Waals surface area contributed by atoms with E-state index in [1.807, 2.05) is 0 Å². The van der Waals surface area contributed by atoms with Gasteiger partial charge in [0.15, 0.2) is 10.1 Å². The third kappa shape index (κ3) is 5.51. The number of rotatable bonds is 8. The number of anilines is 2. The number of amides is 2. The SMILES string of the molecule is O=C(Nc1ccc(NC(=O)C(F)(F)S(=O)(=O)[O-])cc1)C(F)(F)SOO[O-]. The second-order valence-corrected chi connectivity index (χ2v) is 6.43. The molecule has 0 saturated heterocycles. The van der Waals surface area contributed by atoms with Crippen molar-refractivity contribution in [3.63, 3.8) is 0 Å². The van der Waals surface area contributed by atoms with Gasteiger partial charge in [-0.3, -0.25) is 14.6 Å². The van der Waals surface area contributed by atoms with Crippen molar-refractivity contribution < 1.29 is 54.8 Å². The molecular formula is C10H6F4N2O8S2-2. The van der Waals surface area contributed by atoms with Crippen molar-refractivity contribution in [2.45, 2.75) is 10.5 Å².